The van der Waals surface area contributed by atoms with Gasteiger partial charge in [-0.15, -0.1) is 0 Å². The van der Waals surface area contributed by atoms with E-state index in [4.69, 9.17) is 5.10 Å². The van der Waals surface area contributed by atoms with E-state index in [0.29, 0.717) is 0 Å². The molecule has 23 heavy (non-hydrogen) atoms. The molecular weight excluding hydrogens is 350 g/mol. The molecule has 0 unspecified atom stereocenters. The molecule has 0 atom stereocenters. The van der Waals surface area contributed by atoms with Gasteiger partial charge in [0.25, 0.3) is 0 Å². The maximum absolute atomic E-state index is 4.88. The van der Waals surface area contributed by atoms with Gasteiger partial charge in [-0.25, -0.2) is 4.68 Å². The predicted octanol–water partition coefficient (Wildman–Crippen LogP) is 4.90. The lowest BCUT2D eigenvalue weighted by Crippen LogP contribution is -2.21. The molecule has 0 aliphatic carbocycles. The van der Waals surface area contributed by atoms with Crippen LogP contribution in [-0.4, -0.2) is 22.9 Å². The Morgan fingerprint density at radius 1 is 0.870 bits per heavy atom. The van der Waals surface area contributed by atoms with Gasteiger partial charge in [0.1, 0.15) is 5.82 Å². The standard InChI is InChI=1S/C19H18BrN3/c20-16-8-10-17(11-9-16)23-19(22-12-4-5-13-22)14-18(21-23)15-6-2-1-3-7-15/h1-3,6-11,14H,4-5,12-13H2. The van der Waals surface area contributed by atoms with Gasteiger partial charge in [0.05, 0.1) is 11.4 Å². The summed E-state index contributed by atoms with van der Waals surface area (Å²) in [6, 6.07) is 20.9. The Hall–Kier alpha value is -2.07. The summed E-state index contributed by atoms with van der Waals surface area (Å²) >= 11 is 3.50. The number of rotatable bonds is 3. The molecule has 0 bridgehead atoms. The van der Waals surface area contributed by atoms with Crippen LogP contribution in [0.15, 0.2) is 65.1 Å². The minimum Gasteiger partial charge on any atom is -0.356 e. The first-order chi connectivity index (χ1) is 11.3. The normalized spacial score (nSPS) is 14.4. The molecule has 1 aliphatic rings. The Morgan fingerprint density at radius 2 is 1.57 bits per heavy atom. The first-order valence-electron chi connectivity index (χ1n) is 7.98. The number of hydrogen-bond acceptors (Lipinski definition) is 2. The van der Waals surface area contributed by atoms with Crippen LogP contribution in [0.4, 0.5) is 5.82 Å². The van der Waals surface area contributed by atoms with Gasteiger partial charge in [-0.2, -0.15) is 5.10 Å². The van der Waals surface area contributed by atoms with Gasteiger partial charge in [-0.05, 0) is 37.1 Å². The second-order valence-electron chi connectivity index (χ2n) is 5.84. The van der Waals surface area contributed by atoms with Gasteiger partial charge in [-0.1, -0.05) is 46.3 Å². The molecule has 0 amide bonds. The summed E-state index contributed by atoms with van der Waals surface area (Å²) in [6.07, 6.45) is 2.51. The van der Waals surface area contributed by atoms with Crippen molar-refractivity contribution in [3.05, 3.63) is 65.1 Å². The van der Waals surface area contributed by atoms with Crippen LogP contribution in [0.5, 0.6) is 0 Å². The topological polar surface area (TPSA) is 21.1 Å². The van der Waals surface area contributed by atoms with Crippen molar-refractivity contribution in [1.82, 2.24) is 9.78 Å². The fourth-order valence-electron chi connectivity index (χ4n) is 3.07. The molecule has 0 radical (unpaired) electrons. The van der Waals surface area contributed by atoms with Crippen LogP contribution in [0.1, 0.15) is 12.8 Å². The van der Waals surface area contributed by atoms with E-state index >= 15 is 0 Å². The number of halogens is 1. The van der Waals surface area contributed by atoms with Gasteiger partial charge in [-0.3, -0.25) is 0 Å². The highest BCUT2D eigenvalue weighted by Crippen LogP contribution is 2.29. The third-order valence-corrected chi connectivity index (χ3v) is 4.79. The van der Waals surface area contributed by atoms with Gasteiger partial charge >= 0.3 is 0 Å². The van der Waals surface area contributed by atoms with E-state index in [9.17, 15) is 0 Å². The molecule has 3 nitrogen and oxygen atoms in total. The summed E-state index contributed by atoms with van der Waals surface area (Å²) in [6.45, 7) is 2.22. The average molecular weight is 368 g/mol. The van der Waals surface area contributed by atoms with E-state index in [0.717, 1.165) is 34.5 Å². The van der Waals surface area contributed by atoms with Crippen molar-refractivity contribution in [3.63, 3.8) is 0 Å². The molecule has 2 heterocycles. The monoisotopic (exact) mass is 367 g/mol. The third-order valence-electron chi connectivity index (χ3n) is 4.26. The minimum absolute atomic E-state index is 1.02. The maximum atomic E-state index is 4.88. The van der Waals surface area contributed by atoms with Crippen molar-refractivity contribution < 1.29 is 0 Å². The predicted molar refractivity (Wildman–Crippen MR) is 98.1 cm³/mol. The summed E-state index contributed by atoms with van der Waals surface area (Å²) in [7, 11) is 0. The first kappa shape index (κ1) is 14.5. The van der Waals surface area contributed by atoms with Crippen LogP contribution in [0.2, 0.25) is 0 Å². The first-order valence-corrected chi connectivity index (χ1v) is 8.77. The molecule has 0 spiro atoms. The fourth-order valence-corrected chi connectivity index (χ4v) is 3.33. The van der Waals surface area contributed by atoms with Crippen molar-refractivity contribution in [2.75, 3.05) is 18.0 Å². The highest BCUT2D eigenvalue weighted by molar-refractivity contribution is 9.10. The maximum Gasteiger partial charge on any atom is 0.133 e. The van der Waals surface area contributed by atoms with Gasteiger partial charge in [0, 0.05) is 29.2 Å². The third kappa shape index (κ3) is 2.91. The van der Waals surface area contributed by atoms with Gasteiger partial charge in [0.2, 0.25) is 0 Å². The molecule has 4 heteroatoms. The lowest BCUT2D eigenvalue weighted by atomic mass is 10.1. The van der Waals surface area contributed by atoms with E-state index in [2.05, 4.69) is 80.1 Å². The smallest absolute Gasteiger partial charge is 0.133 e. The number of hydrogen-bond donors (Lipinski definition) is 0. The Bertz CT molecular complexity index is 787. The molecule has 1 saturated heterocycles. The van der Waals surface area contributed by atoms with Crippen molar-refractivity contribution in [2.45, 2.75) is 12.8 Å². The molecule has 2 aromatic carbocycles. The molecule has 0 N–H and O–H groups in total. The Morgan fingerprint density at radius 3 is 2.26 bits per heavy atom. The minimum atomic E-state index is 1.02. The van der Waals surface area contributed by atoms with Crippen molar-refractivity contribution >= 4 is 21.7 Å². The molecule has 3 aromatic rings. The van der Waals surface area contributed by atoms with Crippen LogP contribution in [0, 0.1) is 0 Å². The summed E-state index contributed by atoms with van der Waals surface area (Å²) in [5.41, 5.74) is 3.27. The molecule has 1 fully saturated rings. The number of anilines is 1. The SMILES string of the molecule is Brc1ccc(-n2nc(-c3ccccc3)cc2N2CCCC2)cc1. The van der Waals surface area contributed by atoms with E-state index in [1.54, 1.807) is 0 Å². The highest BCUT2D eigenvalue weighted by Gasteiger charge is 2.19. The summed E-state index contributed by atoms with van der Waals surface area (Å²) in [4.78, 5) is 2.43. The zero-order valence-electron chi connectivity index (χ0n) is 12.8. The van der Waals surface area contributed by atoms with Gasteiger partial charge in [0.15, 0.2) is 0 Å². The zero-order valence-corrected chi connectivity index (χ0v) is 14.4. The van der Waals surface area contributed by atoms with Crippen LogP contribution >= 0.6 is 15.9 Å². The highest BCUT2D eigenvalue weighted by atomic mass is 79.9. The second kappa shape index (κ2) is 6.20. The second-order valence-corrected chi connectivity index (χ2v) is 6.75. The lowest BCUT2D eigenvalue weighted by Gasteiger charge is -2.18. The average Bonchev–Trinajstić information content (AvgIpc) is 3.26. The molecule has 116 valence electrons. The molecule has 1 aromatic heterocycles. The van der Waals surface area contributed by atoms with Crippen LogP contribution in [-0.2, 0) is 0 Å². The lowest BCUT2D eigenvalue weighted by molar-refractivity contribution is 0.825. The van der Waals surface area contributed by atoms with Crippen LogP contribution in [0.3, 0.4) is 0 Å². The largest absolute Gasteiger partial charge is 0.356 e. The zero-order chi connectivity index (χ0) is 15.6. The van der Waals surface area contributed by atoms with E-state index in [-0.39, 0.29) is 0 Å². The molecular formula is C19H18BrN3. The Balaban J connectivity index is 1.82. The van der Waals surface area contributed by atoms with Crippen LogP contribution in [0.25, 0.3) is 16.9 Å². The van der Waals surface area contributed by atoms with E-state index in [1.807, 2.05) is 6.07 Å². The fraction of sp³-hybridized carbons (Fsp3) is 0.211. The summed E-state index contributed by atoms with van der Waals surface area (Å²) in [5, 5.41) is 4.88. The Kier molecular flexibility index (Phi) is 3.92. The van der Waals surface area contributed by atoms with Crippen molar-refractivity contribution in [2.24, 2.45) is 0 Å². The van der Waals surface area contributed by atoms with Crippen molar-refractivity contribution in [3.8, 4) is 16.9 Å². The number of benzene rings is 2. The van der Waals surface area contributed by atoms with Gasteiger partial charge < -0.3 is 4.90 Å². The van der Waals surface area contributed by atoms with Crippen molar-refractivity contribution in [1.29, 1.82) is 0 Å². The summed E-state index contributed by atoms with van der Waals surface area (Å²) < 4.78 is 3.15. The quantitative estimate of drug-likeness (QED) is 0.656. The Labute approximate surface area is 144 Å². The molecule has 0 saturated carbocycles. The molecule has 1 aliphatic heterocycles. The van der Waals surface area contributed by atoms with E-state index < -0.39 is 0 Å². The van der Waals surface area contributed by atoms with E-state index in [1.165, 1.54) is 18.7 Å². The number of aromatic nitrogens is 2. The number of nitrogens with zero attached hydrogens (tertiary/aromatic N) is 3. The molecule has 4 rings (SSSR count). The van der Waals surface area contributed by atoms with Crippen LogP contribution < -0.4 is 4.90 Å². The summed E-state index contributed by atoms with van der Waals surface area (Å²) in [5.74, 6) is 1.18.